The molecule has 0 fully saturated rings. The van der Waals surface area contributed by atoms with Crippen LogP contribution in [0.3, 0.4) is 0 Å². The molecule has 0 atom stereocenters. The average Bonchev–Trinajstić information content (AvgIpc) is 2.57. The lowest BCUT2D eigenvalue weighted by atomic mass is 9.96. The minimum absolute atomic E-state index is 0.0951. The fraction of sp³-hybridized carbons (Fsp3) is 0.316. The van der Waals surface area contributed by atoms with Crippen LogP contribution in [0, 0.1) is 0 Å². The predicted molar refractivity (Wildman–Crippen MR) is 90.4 cm³/mol. The summed E-state index contributed by atoms with van der Waals surface area (Å²) in [5.74, 6) is -1.18. The van der Waals surface area contributed by atoms with E-state index in [1.807, 2.05) is 12.1 Å². The summed E-state index contributed by atoms with van der Waals surface area (Å²) in [6.45, 7) is 0. The van der Waals surface area contributed by atoms with Crippen molar-refractivity contribution in [3.05, 3.63) is 59.3 Å². The summed E-state index contributed by atoms with van der Waals surface area (Å²) in [6, 6.07) is 8.77. The third-order valence-electron chi connectivity index (χ3n) is 3.83. The molecule has 0 unspecified atom stereocenters. The number of carbonyl (C=O) groups is 3. The van der Waals surface area contributed by atoms with Gasteiger partial charge in [-0.3, -0.25) is 14.4 Å². The quantitative estimate of drug-likeness (QED) is 0.718. The fourth-order valence-corrected chi connectivity index (χ4v) is 2.57. The molecular formula is C19H21NO4. The summed E-state index contributed by atoms with van der Waals surface area (Å²) in [6.07, 6.45) is 6.94. The lowest BCUT2D eigenvalue weighted by Gasteiger charge is -2.16. The molecule has 1 aliphatic rings. The van der Waals surface area contributed by atoms with E-state index in [4.69, 9.17) is 5.11 Å². The second-order valence-corrected chi connectivity index (χ2v) is 5.70. The topological polar surface area (TPSA) is 83.5 Å². The molecule has 0 saturated carbocycles. The van der Waals surface area contributed by atoms with Crippen LogP contribution in [0.2, 0.25) is 0 Å². The van der Waals surface area contributed by atoms with E-state index in [1.165, 1.54) is 0 Å². The number of aliphatic carboxylic acids is 1. The standard InChI is InChI=1S/C19H21NO4/c21-16-12-7-11-14(8-3-2-6-13-17(22)23)18(16)20-19(24)15-9-4-1-5-10-15/h1,4-5,7,9-11H,2-3,6,8,12-13H2,(H,20,24)(H,22,23). The second kappa shape index (κ2) is 8.82. The highest BCUT2D eigenvalue weighted by Crippen LogP contribution is 2.20. The number of hydrogen-bond donors (Lipinski definition) is 2. The molecule has 0 spiro atoms. The monoisotopic (exact) mass is 327 g/mol. The summed E-state index contributed by atoms with van der Waals surface area (Å²) in [5.41, 5.74) is 1.68. The number of unbranched alkanes of at least 4 members (excludes halogenated alkanes) is 2. The van der Waals surface area contributed by atoms with Crippen molar-refractivity contribution in [2.75, 3.05) is 0 Å². The van der Waals surface area contributed by atoms with E-state index in [-0.39, 0.29) is 24.5 Å². The molecule has 2 rings (SSSR count). The van der Waals surface area contributed by atoms with E-state index in [1.54, 1.807) is 30.3 Å². The van der Waals surface area contributed by atoms with Crippen LogP contribution >= 0.6 is 0 Å². The normalized spacial score (nSPS) is 13.9. The third kappa shape index (κ3) is 5.19. The van der Waals surface area contributed by atoms with Gasteiger partial charge in [-0.2, -0.15) is 0 Å². The molecule has 0 bridgehead atoms. The Hall–Kier alpha value is -2.69. The van der Waals surface area contributed by atoms with Crippen molar-refractivity contribution in [1.29, 1.82) is 0 Å². The maximum absolute atomic E-state index is 12.3. The van der Waals surface area contributed by atoms with Crippen LogP contribution in [0.1, 0.15) is 48.9 Å². The highest BCUT2D eigenvalue weighted by atomic mass is 16.4. The second-order valence-electron chi connectivity index (χ2n) is 5.70. The molecule has 5 nitrogen and oxygen atoms in total. The van der Waals surface area contributed by atoms with Gasteiger partial charge in [0.2, 0.25) is 0 Å². The summed E-state index contributed by atoms with van der Waals surface area (Å²) in [5, 5.41) is 11.4. The van der Waals surface area contributed by atoms with Gasteiger partial charge in [0.1, 0.15) is 0 Å². The SMILES string of the molecule is O=C(O)CCCCCC1=C(NC(=O)c2ccccc2)C(=O)CC=C1. The van der Waals surface area contributed by atoms with Crippen molar-refractivity contribution in [3.8, 4) is 0 Å². The minimum Gasteiger partial charge on any atom is -0.481 e. The van der Waals surface area contributed by atoms with Gasteiger partial charge in [0, 0.05) is 18.4 Å². The van der Waals surface area contributed by atoms with Gasteiger partial charge in [0.25, 0.3) is 5.91 Å². The Kier molecular flexibility index (Phi) is 6.49. The highest BCUT2D eigenvalue weighted by molar-refractivity contribution is 6.05. The molecular weight excluding hydrogens is 306 g/mol. The van der Waals surface area contributed by atoms with Crippen LogP contribution in [0.5, 0.6) is 0 Å². The van der Waals surface area contributed by atoms with Crippen LogP contribution in [-0.2, 0) is 9.59 Å². The fourth-order valence-electron chi connectivity index (χ4n) is 2.57. The molecule has 0 radical (unpaired) electrons. The average molecular weight is 327 g/mol. The van der Waals surface area contributed by atoms with Gasteiger partial charge >= 0.3 is 5.97 Å². The Balaban J connectivity index is 2.00. The first-order valence-electron chi connectivity index (χ1n) is 8.09. The van der Waals surface area contributed by atoms with E-state index in [9.17, 15) is 14.4 Å². The number of carbonyl (C=O) groups excluding carboxylic acids is 2. The smallest absolute Gasteiger partial charge is 0.303 e. The maximum atomic E-state index is 12.3. The summed E-state index contributed by atoms with van der Waals surface area (Å²) < 4.78 is 0. The van der Waals surface area contributed by atoms with E-state index in [2.05, 4.69) is 5.32 Å². The zero-order valence-corrected chi connectivity index (χ0v) is 13.5. The first-order valence-corrected chi connectivity index (χ1v) is 8.09. The van der Waals surface area contributed by atoms with Gasteiger partial charge in [-0.25, -0.2) is 0 Å². The van der Waals surface area contributed by atoms with Crippen LogP contribution < -0.4 is 5.32 Å². The van der Waals surface area contributed by atoms with Crippen molar-refractivity contribution in [3.63, 3.8) is 0 Å². The summed E-state index contributed by atoms with van der Waals surface area (Å²) in [7, 11) is 0. The number of carboxylic acids is 1. The molecule has 0 saturated heterocycles. The largest absolute Gasteiger partial charge is 0.481 e. The number of rotatable bonds is 8. The van der Waals surface area contributed by atoms with Crippen LogP contribution in [-0.4, -0.2) is 22.8 Å². The Bertz CT molecular complexity index is 674. The summed E-state index contributed by atoms with van der Waals surface area (Å²) in [4.78, 5) is 34.9. The van der Waals surface area contributed by atoms with Crippen LogP contribution in [0.4, 0.5) is 0 Å². The van der Waals surface area contributed by atoms with Crippen molar-refractivity contribution in [1.82, 2.24) is 5.32 Å². The number of benzene rings is 1. The van der Waals surface area contributed by atoms with Crippen molar-refractivity contribution >= 4 is 17.7 Å². The zero-order chi connectivity index (χ0) is 17.4. The van der Waals surface area contributed by atoms with Crippen LogP contribution in [0.25, 0.3) is 0 Å². The Morgan fingerprint density at radius 3 is 2.54 bits per heavy atom. The number of allylic oxidation sites excluding steroid dienone is 4. The number of amides is 1. The van der Waals surface area contributed by atoms with Gasteiger partial charge < -0.3 is 10.4 Å². The number of nitrogens with one attached hydrogen (secondary N) is 1. The molecule has 24 heavy (non-hydrogen) atoms. The molecule has 126 valence electrons. The number of hydrogen-bond acceptors (Lipinski definition) is 3. The zero-order valence-electron chi connectivity index (χ0n) is 13.5. The van der Waals surface area contributed by atoms with Gasteiger partial charge in [-0.1, -0.05) is 36.8 Å². The Morgan fingerprint density at radius 1 is 1.08 bits per heavy atom. The number of ketones is 1. The molecule has 0 aliphatic heterocycles. The molecule has 1 aromatic carbocycles. The van der Waals surface area contributed by atoms with E-state index < -0.39 is 5.97 Å². The molecule has 1 amide bonds. The van der Waals surface area contributed by atoms with Crippen molar-refractivity contribution in [2.45, 2.75) is 38.5 Å². The van der Waals surface area contributed by atoms with Gasteiger partial charge in [-0.15, -0.1) is 0 Å². The minimum atomic E-state index is -0.794. The Labute approximate surface area is 141 Å². The first kappa shape index (κ1) is 17.7. The lowest BCUT2D eigenvalue weighted by molar-refractivity contribution is -0.137. The molecule has 1 aliphatic carbocycles. The van der Waals surface area contributed by atoms with Gasteiger partial charge in [0.05, 0.1) is 5.70 Å². The lowest BCUT2D eigenvalue weighted by Crippen LogP contribution is -2.29. The van der Waals surface area contributed by atoms with E-state index in [0.29, 0.717) is 24.1 Å². The molecule has 5 heteroatoms. The third-order valence-corrected chi connectivity index (χ3v) is 3.83. The number of Topliss-reactive ketones (excluding diaryl/α,β-unsaturated/α-hetero) is 1. The first-order chi connectivity index (χ1) is 11.6. The van der Waals surface area contributed by atoms with Gasteiger partial charge in [-0.05, 0) is 37.0 Å². The molecule has 0 heterocycles. The maximum Gasteiger partial charge on any atom is 0.303 e. The molecule has 2 N–H and O–H groups in total. The predicted octanol–water partition coefficient (Wildman–Crippen LogP) is 3.23. The van der Waals surface area contributed by atoms with E-state index >= 15 is 0 Å². The van der Waals surface area contributed by atoms with E-state index in [0.717, 1.165) is 18.4 Å². The van der Waals surface area contributed by atoms with Crippen LogP contribution in [0.15, 0.2) is 53.8 Å². The Morgan fingerprint density at radius 2 is 1.83 bits per heavy atom. The summed E-state index contributed by atoms with van der Waals surface area (Å²) >= 11 is 0. The molecule has 1 aromatic rings. The van der Waals surface area contributed by atoms with Crippen molar-refractivity contribution in [2.24, 2.45) is 0 Å². The van der Waals surface area contributed by atoms with Crippen molar-refractivity contribution < 1.29 is 19.5 Å². The number of carboxylic acid groups (broad SMARTS) is 1. The molecule has 0 aromatic heterocycles. The van der Waals surface area contributed by atoms with Gasteiger partial charge in [0.15, 0.2) is 5.78 Å². The highest BCUT2D eigenvalue weighted by Gasteiger charge is 2.19.